The van der Waals surface area contributed by atoms with Crippen molar-refractivity contribution >= 4 is 11.9 Å². The van der Waals surface area contributed by atoms with Crippen molar-refractivity contribution in [3.05, 3.63) is 36.5 Å². The number of para-hydroxylation sites is 2. The Balaban J connectivity index is 0.000000192. The first kappa shape index (κ1) is 20.9. The van der Waals surface area contributed by atoms with Gasteiger partial charge in [-0.15, -0.1) is 0 Å². The topological polar surface area (TPSA) is 45.7 Å². The van der Waals surface area contributed by atoms with Gasteiger partial charge >= 0.3 is 0 Å². The summed E-state index contributed by atoms with van der Waals surface area (Å²) in [4.78, 5) is 4.58. The van der Waals surface area contributed by atoms with E-state index in [4.69, 9.17) is 4.74 Å². The van der Waals surface area contributed by atoms with Crippen molar-refractivity contribution in [3.8, 4) is 5.75 Å². The summed E-state index contributed by atoms with van der Waals surface area (Å²) in [7, 11) is 0. The number of benzene rings is 1. The van der Waals surface area contributed by atoms with E-state index in [2.05, 4.69) is 77.6 Å². The zero-order valence-electron chi connectivity index (χ0n) is 18.9. The number of fused-ring (bicyclic) bond motifs is 1. The van der Waals surface area contributed by atoms with Crippen molar-refractivity contribution in [1.29, 1.82) is 0 Å². The molecule has 0 aromatic heterocycles. The van der Waals surface area contributed by atoms with Gasteiger partial charge in [0.1, 0.15) is 11.4 Å². The molecule has 0 aliphatic carbocycles. The molecule has 0 amide bonds. The Labute approximate surface area is 170 Å². The number of hydrogen-bond donors (Lipinski definition) is 2. The average molecular weight is 384 g/mol. The monoisotopic (exact) mass is 383 g/mol. The molecule has 4 rings (SSSR count). The molecule has 2 N–H and O–H groups in total. The lowest BCUT2D eigenvalue weighted by Crippen LogP contribution is -2.59. The van der Waals surface area contributed by atoms with E-state index in [1.807, 2.05) is 30.5 Å². The minimum atomic E-state index is -0.495. The van der Waals surface area contributed by atoms with E-state index in [-0.39, 0.29) is 21.9 Å². The van der Waals surface area contributed by atoms with Crippen LogP contribution in [0, 0.1) is 10.8 Å². The lowest BCUT2D eigenvalue weighted by atomic mass is 9.79. The Hall–Kier alpha value is -1.81. The summed E-state index contributed by atoms with van der Waals surface area (Å²) in [6.45, 7) is 21.8. The molecule has 3 heterocycles. The number of ether oxygens (including phenoxy) is 1. The van der Waals surface area contributed by atoms with E-state index in [1.165, 1.54) is 12.1 Å². The van der Waals surface area contributed by atoms with E-state index in [9.17, 15) is 0 Å². The molecule has 4 nitrogen and oxygen atoms in total. The summed E-state index contributed by atoms with van der Waals surface area (Å²) in [6, 6.07) is 7.93. The summed E-state index contributed by atoms with van der Waals surface area (Å²) in [5.41, 5.74) is 2.19. The van der Waals surface area contributed by atoms with Crippen LogP contribution in [0.5, 0.6) is 5.75 Å². The second-order valence-electron chi connectivity index (χ2n) is 11.2. The van der Waals surface area contributed by atoms with Crippen LogP contribution in [0.3, 0.4) is 0 Å². The van der Waals surface area contributed by atoms with Crippen LogP contribution < -0.4 is 15.4 Å². The molecule has 28 heavy (non-hydrogen) atoms. The fraction of sp³-hybridized carbons (Fsp3) is 0.625. The molecule has 1 spiro atoms. The normalized spacial score (nSPS) is 30.1. The maximum Gasteiger partial charge on any atom is 0.202 e. The van der Waals surface area contributed by atoms with Gasteiger partial charge in [-0.3, -0.25) is 10.3 Å². The predicted molar refractivity (Wildman–Crippen MR) is 118 cm³/mol. The molecular weight excluding hydrogens is 346 g/mol. The number of rotatable bonds is 0. The average Bonchev–Trinajstić information content (AvgIpc) is 2.82. The second-order valence-corrected chi connectivity index (χ2v) is 11.2. The summed E-state index contributed by atoms with van der Waals surface area (Å²) in [5, 5.41) is 6.99. The molecule has 0 saturated carbocycles. The minimum absolute atomic E-state index is 0.00747. The third-order valence-corrected chi connectivity index (χ3v) is 6.13. The van der Waals surface area contributed by atoms with Gasteiger partial charge in [0.05, 0.1) is 6.21 Å². The Kier molecular flexibility index (Phi) is 4.74. The second kappa shape index (κ2) is 6.35. The Morgan fingerprint density at radius 2 is 1.57 bits per heavy atom. The summed E-state index contributed by atoms with van der Waals surface area (Å²) < 4.78 is 6.27. The minimum Gasteiger partial charge on any atom is -0.465 e. The van der Waals surface area contributed by atoms with Crippen molar-refractivity contribution < 1.29 is 4.74 Å². The van der Waals surface area contributed by atoms with E-state index < -0.39 is 5.72 Å². The van der Waals surface area contributed by atoms with Crippen LogP contribution in [0.25, 0.3) is 0 Å². The highest BCUT2D eigenvalue weighted by Crippen LogP contribution is 2.49. The molecule has 154 valence electrons. The van der Waals surface area contributed by atoms with Gasteiger partial charge in [0.2, 0.25) is 5.72 Å². The SMILES string of the molecule is C=C1NC(C)(C)CC1(C)C.CC1(C)CC(C)(C)[C@]2(C=Nc3ccccc3O2)N1. The van der Waals surface area contributed by atoms with E-state index >= 15 is 0 Å². The Morgan fingerprint density at radius 3 is 2.04 bits per heavy atom. The highest BCUT2D eigenvalue weighted by molar-refractivity contribution is 5.79. The summed E-state index contributed by atoms with van der Waals surface area (Å²) in [5.74, 6) is 0.860. The van der Waals surface area contributed by atoms with Crippen molar-refractivity contribution in [2.75, 3.05) is 0 Å². The van der Waals surface area contributed by atoms with Crippen LogP contribution in [0.4, 0.5) is 5.69 Å². The van der Waals surface area contributed by atoms with Gasteiger partial charge < -0.3 is 10.1 Å². The lowest BCUT2D eigenvalue weighted by Gasteiger charge is -2.40. The van der Waals surface area contributed by atoms with E-state index in [1.54, 1.807) is 0 Å². The summed E-state index contributed by atoms with van der Waals surface area (Å²) >= 11 is 0. The molecule has 2 fully saturated rings. The molecule has 4 heteroatoms. The van der Waals surface area contributed by atoms with Gasteiger partial charge in [0.15, 0.2) is 0 Å². The quantitative estimate of drug-likeness (QED) is 0.615. The van der Waals surface area contributed by atoms with Crippen molar-refractivity contribution in [1.82, 2.24) is 10.6 Å². The van der Waals surface area contributed by atoms with Gasteiger partial charge in [-0.25, -0.2) is 0 Å². The van der Waals surface area contributed by atoms with Crippen molar-refractivity contribution in [3.63, 3.8) is 0 Å². The van der Waals surface area contributed by atoms with Gasteiger partial charge in [-0.2, -0.15) is 0 Å². The molecule has 0 bridgehead atoms. The van der Waals surface area contributed by atoms with Gasteiger partial charge in [-0.05, 0) is 52.7 Å². The predicted octanol–water partition coefficient (Wildman–Crippen LogP) is 5.57. The standard InChI is InChI=1S/C15H20N2O.C9H17N/c1-13(2)9-14(3,4)17-15(13)10-16-11-7-5-6-8-12(11)18-15;1-7-8(2,3)6-9(4,5)10-7/h5-8,10,17H,9H2,1-4H3;10H,1,6H2,2-5H3/t15-;/m1./s1. The number of allylic oxidation sites excluding steroid dienone is 1. The number of nitrogens with zero attached hydrogens (tertiary/aromatic N) is 1. The highest BCUT2D eigenvalue weighted by Gasteiger charge is 2.57. The first-order valence-corrected chi connectivity index (χ1v) is 10.3. The van der Waals surface area contributed by atoms with Crippen molar-refractivity contribution in [2.45, 2.75) is 85.0 Å². The van der Waals surface area contributed by atoms with Crippen LogP contribution in [0.15, 0.2) is 41.5 Å². The molecule has 1 aromatic carbocycles. The summed E-state index contributed by atoms with van der Waals surface area (Å²) in [6.07, 6.45) is 4.16. The molecule has 3 aliphatic rings. The number of nitrogens with one attached hydrogen (secondary N) is 2. The molecule has 1 aromatic rings. The van der Waals surface area contributed by atoms with Gasteiger partial charge in [0, 0.05) is 27.6 Å². The molecule has 2 saturated heterocycles. The zero-order valence-corrected chi connectivity index (χ0v) is 18.9. The lowest BCUT2D eigenvalue weighted by molar-refractivity contribution is 0.0285. The maximum absolute atomic E-state index is 6.27. The van der Waals surface area contributed by atoms with Crippen LogP contribution in [-0.2, 0) is 0 Å². The number of aliphatic imine (C=N–C) groups is 1. The van der Waals surface area contributed by atoms with Crippen LogP contribution in [0.1, 0.15) is 68.2 Å². The largest absolute Gasteiger partial charge is 0.465 e. The highest BCUT2D eigenvalue weighted by atomic mass is 16.5. The Bertz CT molecular complexity index is 804. The fourth-order valence-corrected chi connectivity index (χ4v) is 5.17. The third-order valence-electron chi connectivity index (χ3n) is 6.13. The van der Waals surface area contributed by atoms with Gasteiger partial charge in [-0.1, -0.05) is 46.4 Å². The first-order valence-electron chi connectivity index (χ1n) is 10.3. The Morgan fingerprint density at radius 1 is 0.929 bits per heavy atom. The molecule has 0 unspecified atom stereocenters. The fourth-order valence-electron chi connectivity index (χ4n) is 5.17. The zero-order chi connectivity index (χ0) is 21.0. The molecule has 0 radical (unpaired) electrons. The van der Waals surface area contributed by atoms with Gasteiger partial charge in [0.25, 0.3) is 0 Å². The smallest absolute Gasteiger partial charge is 0.202 e. The molecule has 3 aliphatic heterocycles. The maximum atomic E-state index is 6.27. The molecular formula is C24H37N3O. The van der Waals surface area contributed by atoms with Crippen LogP contribution in [0.2, 0.25) is 0 Å². The van der Waals surface area contributed by atoms with E-state index in [0.717, 1.165) is 17.9 Å². The van der Waals surface area contributed by atoms with Crippen LogP contribution >= 0.6 is 0 Å². The first-order chi connectivity index (χ1) is 12.7. The van der Waals surface area contributed by atoms with Crippen molar-refractivity contribution in [2.24, 2.45) is 15.8 Å². The number of hydrogen-bond acceptors (Lipinski definition) is 4. The van der Waals surface area contributed by atoms with E-state index in [0.29, 0.717) is 0 Å². The van der Waals surface area contributed by atoms with Crippen LogP contribution in [-0.4, -0.2) is 23.0 Å². The third kappa shape index (κ3) is 3.84. The molecule has 1 atom stereocenters.